The number of aromatic nitrogens is 3. The van der Waals surface area contributed by atoms with Gasteiger partial charge in [0, 0.05) is 29.5 Å². The van der Waals surface area contributed by atoms with Crippen molar-refractivity contribution in [3.05, 3.63) is 39.9 Å². The zero-order chi connectivity index (χ0) is 15.2. The smallest absolute Gasteiger partial charge is 0.267 e. The van der Waals surface area contributed by atoms with Crippen molar-refractivity contribution >= 4 is 21.8 Å². The molecule has 114 valence electrons. The van der Waals surface area contributed by atoms with Crippen LogP contribution in [0.2, 0.25) is 0 Å². The van der Waals surface area contributed by atoms with Crippen LogP contribution >= 0.6 is 15.9 Å². The molecule has 2 rings (SSSR count). The Morgan fingerprint density at radius 2 is 2.33 bits per heavy atom. The summed E-state index contributed by atoms with van der Waals surface area (Å²) in [5.74, 6) is -0.0157. The topological polar surface area (TPSA) is 62.7 Å². The third-order valence-corrected chi connectivity index (χ3v) is 3.84. The van der Waals surface area contributed by atoms with Crippen LogP contribution in [0.5, 0.6) is 0 Å². The monoisotopic (exact) mass is 352 g/mol. The van der Waals surface area contributed by atoms with E-state index in [2.05, 4.69) is 38.4 Å². The van der Waals surface area contributed by atoms with Crippen LogP contribution in [0.15, 0.2) is 22.9 Å². The molecular weight excluding hydrogens is 332 g/mol. The number of nitrogens with zero attached hydrogens (tertiary/aromatic N) is 2. The summed E-state index contributed by atoms with van der Waals surface area (Å²) in [6.45, 7) is 5.62. The van der Waals surface area contributed by atoms with Gasteiger partial charge < -0.3 is 9.88 Å². The predicted octanol–water partition coefficient (Wildman–Crippen LogP) is 3.05. The maximum Gasteiger partial charge on any atom is 0.267 e. The number of nitrogens with one attached hydrogen (secondary N) is 2. The summed E-state index contributed by atoms with van der Waals surface area (Å²) in [7, 11) is 0. The second kappa shape index (κ2) is 7.45. The van der Waals surface area contributed by atoms with Crippen molar-refractivity contribution in [2.45, 2.75) is 39.7 Å². The van der Waals surface area contributed by atoms with Gasteiger partial charge in [0.15, 0.2) is 0 Å². The summed E-state index contributed by atoms with van der Waals surface area (Å²) in [5.41, 5.74) is 3.02. The molecule has 0 fully saturated rings. The summed E-state index contributed by atoms with van der Waals surface area (Å²) in [6, 6.07) is 1.87. The Balaban J connectivity index is 1.83. The molecule has 0 saturated heterocycles. The van der Waals surface area contributed by atoms with Gasteiger partial charge in [-0.15, -0.1) is 0 Å². The second-order valence-corrected chi connectivity index (χ2v) is 6.03. The van der Waals surface area contributed by atoms with E-state index in [0.717, 1.165) is 36.0 Å². The molecule has 6 heteroatoms. The van der Waals surface area contributed by atoms with Crippen LogP contribution in [0.25, 0.3) is 0 Å². The number of rotatable bonds is 7. The third kappa shape index (κ3) is 4.20. The summed E-state index contributed by atoms with van der Waals surface area (Å²) in [5, 5.41) is 9.90. The molecule has 0 bridgehead atoms. The summed E-state index contributed by atoms with van der Waals surface area (Å²) < 4.78 is 2.93. The van der Waals surface area contributed by atoms with Crippen molar-refractivity contribution in [3.8, 4) is 0 Å². The van der Waals surface area contributed by atoms with Gasteiger partial charge in [0.05, 0.1) is 6.20 Å². The molecule has 0 aliphatic heterocycles. The van der Waals surface area contributed by atoms with Gasteiger partial charge in [0.25, 0.3) is 5.91 Å². The molecule has 2 heterocycles. The number of hydrogen-bond acceptors (Lipinski definition) is 2. The van der Waals surface area contributed by atoms with Gasteiger partial charge in [-0.1, -0.05) is 6.92 Å². The zero-order valence-corrected chi connectivity index (χ0v) is 14.0. The molecule has 2 N–H and O–H groups in total. The van der Waals surface area contributed by atoms with E-state index in [9.17, 15) is 4.79 Å². The fraction of sp³-hybridized carbons (Fsp3) is 0.467. The number of carbonyl (C=O) groups is 1. The minimum atomic E-state index is -0.0157. The minimum Gasteiger partial charge on any atom is -0.351 e. The van der Waals surface area contributed by atoms with Crippen molar-refractivity contribution in [2.24, 2.45) is 0 Å². The Bertz CT molecular complexity index is 603. The first kappa shape index (κ1) is 15.8. The average Bonchev–Trinajstić information content (AvgIpc) is 3.01. The Morgan fingerprint density at radius 1 is 1.52 bits per heavy atom. The Kier molecular flexibility index (Phi) is 5.61. The molecule has 0 atom stereocenters. The molecule has 0 saturated carbocycles. The highest BCUT2D eigenvalue weighted by molar-refractivity contribution is 9.10. The number of carbonyl (C=O) groups excluding carboxylic acids is 1. The maximum atomic E-state index is 12.2. The highest BCUT2D eigenvalue weighted by atomic mass is 79.9. The van der Waals surface area contributed by atoms with Gasteiger partial charge >= 0.3 is 0 Å². The summed E-state index contributed by atoms with van der Waals surface area (Å²) in [6.07, 6.45) is 6.62. The molecule has 2 aromatic heterocycles. The first-order valence-electron chi connectivity index (χ1n) is 7.24. The van der Waals surface area contributed by atoms with Crippen LogP contribution in [0.3, 0.4) is 0 Å². The molecule has 0 aliphatic carbocycles. The standard InChI is InChI=1S/C15H21BrN4O/c1-3-7-20-10-13(16)8-14(20)15(21)17-6-4-5-12-9-18-19-11(12)2/h8-10H,3-7H2,1-2H3,(H,17,21)(H,18,19). The Morgan fingerprint density at radius 3 is 3.00 bits per heavy atom. The minimum absolute atomic E-state index is 0.0157. The maximum absolute atomic E-state index is 12.2. The SMILES string of the molecule is CCCn1cc(Br)cc1C(=O)NCCCc1cn[nH]c1C. The molecule has 1 amide bonds. The first-order valence-corrected chi connectivity index (χ1v) is 8.03. The number of aryl methyl sites for hydroxylation is 3. The largest absolute Gasteiger partial charge is 0.351 e. The highest BCUT2D eigenvalue weighted by Gasteiger charge is 2.12. The number of hydrogen-bond donors (Lipinski definition) is 2. The normalized spacial score (nSPS) is 10.8. The van der Waals surface area contributed by atoms with Crippen molar-refractivity contribution in [1.82, 2.24) is 20.1 Å². The van der Waals surface area contributed by atoms with E-state index >= 15 is 0 Å². The number of amides is 1. The van der Waals surface area contributed by atoms with Crippen LogP contribution < -0.4 is 5.32 Å². The molecule has 0 radical (unpaired) electrons. The zero-order valence-electron chi connectivity index (χ0n) is 12.4. The average molecular weight is 353 g/mol. The van der Waals surface area contributed by atoms with Crippen molar-refractivity contribution in [3.63, 3.8) is 0 Å². The van der Waals surface area contributed by atoms with Crippen LogP contribution in [0, 0.1) is 6.92 Å². The van der Waals surface area contributed by atoms with Gasteiger partial charge in [-0.05, 0) is 53.7 Å². The van der Waals surface area contributed by atoms with Gasteiger partial charge in [-0.3, -0.25) is 9.89 Å². The van der Waals surface area contributed by atoms with Crippen LogP contribution in [0.4, 0.5) is 0 Å². The van der Waals surface area contributed by atoms with Crippen LogP contribution in [-0.2, 0) is 13.0 Å². The van der Waals surface area contributed by atoms with E-state index in [4.69, 9.17) is 0 Å². The fourth-order valence-corrected chi connectivity index (χ4v) is 2.75. The second-order valence-electron chi connectivity index (χ2n) is 5.12. The molecule has 2 aromatic rings. The van der Waals surface area contributed by atoms with E-state index in [0.29, 0.717) is 12.2 Å². The quantitative estimate of drug-likeness (QED) is 0.752. The van der Waals surface area contributed by atoms with Gasteiger partial charge in [-0.2, -0.15) is 5.10 Å². The molecular formula is C15H21BrN4O. The highest BCUT2D eigenvalue weighted by Crippen LogP contribution is 2.15. The Labute approximate surface area is 133 Å². The Hall–Kier alpha value is -1.56. The molecule has 0 unspecified atom stereocenters. The summed E-state index contributed by atoms with van der Waals surface area (Å²) in [4.78, 5) is 12.2. The van der Waals surface area contributed by atoms with Gasteiger partial charge in [0.2, 0.25) is 0 Å². The molecule has 0 spiro atoms. The number of halogens is 1. The number of aromatic amines is 1. The molecule has 21 heavy (non-hydrogen) atoms. The van der Waals surface area contributed by atoms with Gasteiger partial charge in [0.1, 0.15) is 5.69 Å². The third-order valence-electron chi connectivity index (χ3n) is 3.40. The molecule has 0 aromatic carbocycles. The lowest BCUT2D eigenvalue weighted by Crippen LogP contribution is -2.27. The van der Waals surface area contributed by atoms with E-state index in [-0.39, 0.29) is 5.91 Å². The van der Waals surface area contributed by atoms with Crippen molar-refractivity contribution < 1.29 is 4.79 Å². The summed E-state index contributed by atoms with van der Waals surface area (Å²) >= 11 is 3.43. The lowest BCUT2D eigenvalue weighted by Gasteiger charge is -2.08. The fourth-order valence-electron chi connectivity index (χ4n) is 2.29. The predicted molar refractivity (Wildman–Crippen MR) is 86.4 cm³/mol. The number of H-pyrrole nitrogens is 1. The molecule has 5 nitrogen and oxygen atoms in total. The van der Waals surface area contributed by atoms with Crippen molar-refractivity contribution in [1.29, 1.82) is 0 Å². The van der Waals surface area contributed by atoms with Crippen LogP contribution in [-0.4, -0.2) is 27.2 Å². The first-order chi connectivity index (χ1) is 10.1. The van der Waals surface area contributed by atoms with E-state index in [1.165, 1.54) is 5.56 Å². The van der Waals surface area contributed by atoms with Crippen LogP contribution in [0.1, 0.15) is 41.5 Å². The van der Waals surface area contributed by atoms with Gasteiger partial charge in [-0.25, -0.2) is 0 Å². The lowest BCUT2D eigenvalue weighted by molar-refractivity contribution is 0.0944. The van der Waals surface area contributed by atoms with Crippen molar-refractivity contribution in [2.75, 3.05) is 6.54 Å². The van der Waals surface area contributed by atoms with E-state index in [1.54, 1.807) is 0 Å². The lowest BCUT2D eigenvalue weighted by atomic mass is 10.1. The molecule has 0 aliphatic rings. The van der Waals surface area contributed by atoms with E-state index in [1.807, 2.05) is 30.0 Å². The van der Waals surface area contributed by atoms with E-state index < -0.39 is 0 Å².